The molecule has 7 heteroatoms. The Labute approximate surface area is 178 Å². The fourth-order valence-electron chi connectivity index (χ4n) is 3.27. The quantitative estimate of drug-likeness (QED) is 0.520. The highest BCUT2D eigenvalue weighted by atomic mass is 35.5. The number of fused-ring (bicyclic) bond motifs is 1. The maximum absolute atomic E-state index is 12.6. The number of amides is 1. The van der Waals surface area contributed by atoms with E-state index >= 15 is 0 Å². The number of nitrogens with zero attached hydrogens (tertiary/aromatic N) is 2. The number of aryl methyl sites for hydroxylation is 2. The standard InChI is InChI=1S/C23H20ClN3O3/c1-26-20-12-9-17(13-21(20)27(2)23(26)29)25-22(28)15-7-10-18(11-8-15)30-14-16-5-3-4-6-19(16)24/h3-13H,14H2,1-2H3,(H,25,28). The van der Waals surface area contributed by atoms with Crippen LogP contribution in [0.1, 0.15) is 15.9 Å². The van der Waals surface area contributed by atoms with E-state index in [0.717, 1.165) is 16.6 Å². The summed E-state index contributed by atoms with van der Waals surface area (Å²) in [5, 5.41) is 3.52. The molecule has 0 spiro atoms. The minimum Gasteiger partial charge on any atom is -0.489 e. The van der Waals surface area contributed by atoms with Crippen LogP contribution in [0.5, 0.6) is 5.75 Å². The summed E-state index contributed by atoms with van der Waals surface area (Å²) in [6.07, 6.45) is 0. The minimum atomic E-state index is -0.243. The fraction of sp³-hybridized carbons (Fsp3) is 0.130. The van der Waals surface area contributed by atoms with Crippen molar-refractivity contribution in [3.63, 3.8) is 0 Å². The molecule has 152 valence electrons. The Bertz CT molecular complexity index is 1290. The third-order valence-corrected chi connectivity index (χ3v) is 5.37. The first-order chi connectivity index (χ1) is 14.4. The van der Waals surface area contributed by atoms with Gasteiger partial charge in [-0.1, -0.05) is 29.8 Å². The maximum Gasteiger partial charge on any atom is 0.328 e. The van der Waals surface area contributed by atoms with Crippen molar-refractivity contribution in [2.45, 2.75) is 6.61 Å². The lowest BCUT2D eigenvalue weighted by atomic mass is 10.2. The number of carbonyl (C=O) groups is 1. The van der Waals surface area contributed by atoms with Crippen LogP contribution in [0.4, 0.5) is 5.69 Å². The van der Waals surface area contributed by atoms with Gasteiger partial charge >= 0.3 is 5.69 Å². The topological polar surface area (TPSA) is 65.3 Å². The van der Waals surface area contributed by atoms with Crippen molar-refractivity contribution in [1.29, 1.82) is 0 Å². The van der Waals surface area contributed by atoms with Crippen molar-refractivity contribution in [2.24, 2.45) is 14.1 Å². The molecule has 1 aromatic heterocycles. The van der Waals surface area contributed by atoms with E-state index in [2.05, 4.69) is 5.32 Å². The van der Waals surface area contributed by atoms with Crippen LogP contribution in [0, 0.1) is 0 Å². The highest BCUT2D eigenvalue weighted by Gasteiger charge is 2.11. The van der Waals surface area contributed by atoms with Gasteiger partial charge in [0.1, 0.15) is 12.4 Å². The van der Waals surface area contributed by atoms with Gasteiger partial charge in [0.25, 0.3) is 5.91 Å². The summed E-state index contributed by atoms with van der Waals surface area (Å²) in [5.74, 6) is 0.403. The predicted octanol–water partition coefficient (Wildman–Crippen LogP) is 4.36. The third kappa shape index (κ3) is 3.82. The second kappa shape index (κ2) is 8.08. The van der Waals surface area contributed by atoms with E-state index in [1.165, 1.54) is 0 Å². The summed E-state index contributed by atoms with van der Waals surface area (Å²) in [6.45, 7) is 0.348. The summed E-state index contributed by atoms with van der Waals surface area (Å²) >= 11 is 6.14. The summed E-state index contributed by atoms with van der Waals surface area (Å²) in [6, 6.07) is 19.8. The van der Waals surface area contributed by atoms with Gasteiger partial charge in [-0.05, 0) is 48.5 Å². The summed E-state index contributed by atoms with van der Waals surface area (Å²) < 4.78 is 8.87. The van der Waals surface area contributed by atoms with Gasteiger partial charge < -0.3 is 10.1 Å². The Morgan fingerprint density at radius 1 is 0.967 bits per heavy atom. The van der Waals surface area contributed by atoms with E-state index in [1.54, 1.807) is 59.6 Å². The largest absolute Gasteiger partial charge is 0.489 e. The Morgan fingerprint density at radius 3 is 2.40 bits per heavy atom. The highest BCUT2D eigenvalue weighted by molar-refractivity contribution is 6.31. The van der Waals surface area contributed by atoms with Gasteiger partial charge in [0, 0.05) is 35.9 Å². The highest BCUT2D eigenvalue weighted by Crippen LogP contribution is 2.21. The lowest BCUT2D eigenvalue weighted by molar-refractivity contribution is 0.102. The van der Waals surface area contributed by atoms with E-state index in [4.69, 9.17) is 16.3 Å². The molecular formula is C23H20ClN3O3. The molecule has 0 fully saturated rings. The van der Waals surface area contributed by atoms with Crippen LogP contribution in [-0.4, -0.2) is 15.0 Å². The van der Waals surface area contributed by atoms with Gasteiger partial charge in [-0.3, -0.25) is 13.9 Å². The Kier molecular flexibility index (Phi) is 5.33. The first kappa shape index (κ1) is 19.8. The molecule has 0 aliphatic heterocycles. The van der Waals surface area contributed by atoms with Crippen LogP contribution in [0.3, 0.4) is 0 Å². The van der Waals surface area contributed by atoms with Crippen LogP contribution < -0.4 is 15.7 Å². The van der Waals surface area contributed by atoms with Gasteiger partial charge in [-0.25, -0.2) is 4.79 Å². The molecule has 0 aliphatic carbocycles. The van der Waals surface area contributed by atoms with Crippen molar-refractivity contribution < 1.29 is 9.53 Å². The van der Waals surface area contributed by atoms with Gasteiger partial charge in [0.15, 0.2) is 0 Å². The SMILES string of the molecule is Cn1c(=O)n(C)c2cc(NC(=O)c3ccc(OCc4ccccc4Cl)cc3)ccc21. The average molecular weight is 422 g/mol. The number of ether oxygens (including phenoxy) is 1. The summed E-state index contributed by atoms with van der Waals surface area (Å²) in [7, 11) is 3.43. The molecule has 4 aromatic rings. The summed E-state index contributed by atoms with van der Waals surface area (Å²) in [4.78, 5) is 24.7. The molecular weight excluding hydrogens is 402 g/mol. The lowest BCUT2D eigenvalue weighted by Gasteiger charge is -2.09. The van der Waals surface area contributed by atoms with Gasteiger partial charge in [0.05, 0.1) is 11.0 Å². The number of aromatic nitrogens is 2. The monoisotopic (exact) mass is 421 g/mol. The molecule has 0 unspecified atom stereocenters. The van der Waals surface area contributed by atoms with Gasteiger partial charge in [-0.2, -0.15) is 0 Å². The van der Waals surface area contributed by atoms with Crippen molar-refractivity contribution in [3.8, 4) is 5.75 Å². The number of hydrogen-bond donors (Lipinski definition) is 1. The van der Waals surface area contributed by atoms with Gasteiger partial charge in [-0.15, -0.1) is 0 Å². The zero-order chi connectivity index (χ0) is 21.3. The number of imidazole rings is 1. The molecule has 0 bridgehead atoms. The maximum atomic E-state index is 12.6. The van der Waals surface area contributed by atoms with Crippen LogP contribution in [0.15, 0.2) is 71.5 Å². The van der Waals surface area contributed by atoms with E-state index in [1.807, 2.05) is 30.3 Å². The van der Waals surface area contributed by atoms with Crippen molar-refractivity contribution in [3.05, 3.63) is 93.4 Å². The molecule has 0 saturated heterocycles. The molecule has 0 radical (unpaired) electrons. The lowest BCUT2D eigenvalue weighted by Crippen LogP contribution is -2.19. The number of carbonyl (C=O) groups excluding carboxylic acids is 1. The molecule has 6 nitrogen and oxygen atoms in total. The number of halogens is 1. The molecule has 0 aliphatic rings. The molecule has 0 saturated carbocycles. The second-order valence-electron chi connectivity index (χ2n) is 6.96. The average Bonchev–Trinajstić information content (AvgIpc) is 2.97. The number of benzene rings is 3. The van der Waals surface area contributed by atoms with Crippen LogP contribution in [-0.2, 0) is 20.7 Å². The zero-order valence-electron chi connectivity index (χ0n) is 16.6. The van der Waals surface area contributed by atoms with E-state index in [-0.39, 0.29) is 11.6 Å². The molecule has 4 rings (SSSR count). The normalized spacial score (nSPS) is 10.9. The number of hydrogen-bond acceptors (Lipinski definition) is 3. The van der Waals surface area contributed by atoms with Crippen molar-refractivity contribution >= 4 is 34.2 Å². The molecule has 1 amide bonds. The number of anilines is 1. The Balaban J connectivity index is 1.45. The molecule has 3 aromatic carbocycles. The predicted molar refractivity (Wildman–Crippen MR) is 118 cm³/mol. The fourth-order valence-corrected chi connectivity index (χ4v) is 3.46. The molecule has 0 atom stereocenters. The summed E-state index contributed by atoms with van der Waals surface area (Å²) in [5.41, 5.74) is 3.46. The van der Waals surface area contributed by atoms with Crippen LogP contribution in [0.25, 0.3) is 11.0 Å². The number of rotatable bonds is 5. The zero-order valence-corrected chi connectivity index (χ0v) is 17.3. The minimum absolute atomic E-state index is 0.110. The van der Waals surface area contributed by atoms with Crippen molar-refractivity contribution in [2.75, 3.05) is 5.32 Å². The molecule has 1 N–H and O–H groups in total. The van der Waals surface area contributed by atoms with Crippen LogP contribution >= 0.6 is 11.6 Å². The molecule has 1 heterocycles. The smallest absolute Gasteiger partial charge is 0.328 e. The Morgan fingerprint density at radius 2 is 1.67 bits per heavy atom. The van der Waals surface area contributed by atoms with E-state index in [9.17, 15) is 9.59 Å². The second-order valence-corrected chi connectivity index (χ2v) is 7.37. The van der Waals surface area contributed by atoms with Crippen molar-refractivity contribution in [1.82, 2.24) is 9.13 Å². The van der Waals surface area contributed by atoms with Gasteiger partial charge in [0.2, 0.25) is 0 Å². The van der Waals surface area contributed by atoms with E-state index in [0.29, 0.717) is 28.6 Å². The molecule has 30 heavy (non-hydrogen) atoms. The third-order valence-electron chi connectivity index (χ3n) is 5.00. The first-order valence-electron chi connectivity index (χ1n) is 9.37. The van der Waals surface area contributed by atoms with Crippen LogP contribution in [0.2, 0.25) is 5.02 Å². The van der Waals surface area contributed by atoms with E-state index < -0.39 is 0 Å². The first-order valence-corrected chi connectivity index (χ1v) is 9.75. The number of nitrogens with one attached hydrogen (secondary N) is 1. The Hall–Kier alpha value is -3.51.